The predicted molar refractivity (Wildman–Crippen MR) is 99.2 cm³/mol. The van der Waals surface area contributed by atoms with E-state index < -0.39 is 6.10 Å². The molecule has 5 aliphatic rings. The molecule has 140 valence electrons. The summed E-state index contributed by atoms with van der Waals surface area (Å²) in [4.78, 5) is 19.1. The highest BCUT2D eigenvalue weighted by atomic mass is 16.3. The second kappa shape index (κ2) is 6.33. The number of rotatable bonds is 4. The Labute approximate surface area is 156 Å². The zero-order valence-electron chi connectivity index (χ0n) is 15.5. The van der Waals surface area contributed by atoms with Crippen LogP contribution in [0.15, 0.2) is 24.5 Å². The van der Waals surface area contributed by atoms with Gasteiger partial charge in [-0.1, -0.05) is 0 Å². The van der Waals surface area contributed by atoms with Crippen LogP contribution in [0.3, 0.4) is 0 Å². The normalized spacial score (nSPS) is 41.0. The van der Waals surface area contributed by atoms with Crippen molar-refractivity contribution in [1.82, 2.24) is 9.88 Å². The van der Waals surface area contributed by atoms with E-state index in [0.29, 0.717) is 24.4 Å². The number of hydrogen-bond acceptors (Lipinski definition) is 3. The third-order valence-corrected chi connectivity index (χ3v) is 7.70. The minimum absolute atomic E-state index is 0.151. The third-order valence-electron chi connectivity index (χ3n) is 7.70. The highest BCUT2D eigenvalue weighted by molar-refractivity contribution is 5.77. The number of amides is 1. The van der Waals surface area contributed by atoms with E-state index in [9.17, 15) is 9.90 Å². The van der Waals surface area contributed by atoms with Crippen LogP contribution in [-0.4, -0.2) is 40.1 Å². The molecular weight excluding hydrogens is 324 g/mol. The van der Waals surface area contributed by atoms with Crippen molar-refractivity contribution in [3.8, 4) is 0 Å². The van der Waals surface area contributed by atoms with Gasteiger partial charge in [-0.05, 0) is 85.8 Å². The van der Waals surface area contributed by atoms with Crippen molar-refractivity contribution in [3.05, 3.63) is 30.1 Å². The molecule has 4 nitrogen and oxygen atoms in total. The fourth-order valence-electron chi connectivity index (χ4n) is 7.02. The zero-order chi connectivity index (χ0) is 17.7. The van der Waals surface area contributed by atoms with Crippen molar-refractivity contribution in [1.29, 1.82) is 0 Å². The number of aliphatic hydroxyl groups excluding tert-OH is 1. The molecule has 1 aromatic rings. The number of nitrogens with zero attached hydrogens (tertiary/aromatic N) is 2. The first kappa shape index (κ1) is 16.7. The fraction of sp³-hybridized carbons (Fsp3) is 0.727. The summed E-state index contributed by atoms with van der Waals surface area (Å²) in [7, 11) is 0. The first-order valence-corrected chi connectivity index (χ1v) is 10.4. The van der Waals surface area contributed by atoms with Crippen molar-refractivity contribution in [2.24, 2.45) is 29.1 Å². The number of aromatic nitrogens is 1. The van der Waals surface area contributed by atoms with Crippen molar-refractivity contribution >= 4 is 5.91 Å². The molecule has 26 heavy (non-hydrogen) atoms. The van der Waals surface area contributed by atoms with E-state index in [0.717, 1.165) is 30.6 Å². The second-order valence-corrected chi connectivity index (χ2v) is 9.78. The number of pyridine rings is 1. The molecule has 4 aliphatic carbocycles. The van der Waals surface area contributed by atoms with Gasteiger partial charge in [-0.2, -0.15) is 0 Å². The Bertz CT molecular complexity index is 639. The van der Waals surface area contributed by atoms with Crippen LogP contribution in [-0.2, 0) is 11.2 Å². The molecule has 6 rings (SSSR count). The summed E-state index contributed by atoms with van der Waals surface area (Å²) in [5, 5.41) is 10.5. The van der Waals surface area contributed by atoms with Gasteiger partial charge in [0, 0.05) is 37.8 Å². The van der Waals surface area contributed by atoms with Crippen LogP contribution in [0.1, 0.15) is 50.5 Å². The molecule has 2 atom stereocenters. The Morgan fingerprint density at radius 2 is 1.69 bits per heavy atom. The van der Waals surface area contributed by atoms with E-state index in [1.54, 1.807) is 12.4 Å². The van der Waals surface area contributed by atoms with Gasteiger partial charge in [0.25, 0.3) is 0 Å². The average molecular weight is 354 g/mol. The number of β-amino-alcohol motifs (C(OH)–C–C–N with tert-alkyl or cyclic N) is 1. The van der Waals surface area contributed by atoms with Crippen LogP contribution in [0.25, 0.3) is 0 Å². The summed E-state index contributed by atoms with van der Waals surface area (Å²) in [6, 6.07) is 4.01. The quantitative estimate of drug-likeness (QED) is 0.904. The molecule has 1 amide bonds. The largest absolute Gasteiger partial charge is 0.391 e. The van der Waals surface area contributed by atoms with Crippen molar-refractivity contribution in [2.75, 3.05) is 13.1 Å². The predicted octanol–water partition coefficient (Wildman–Crippen LogP) is 3.05. The average Bonchev–Trinajstić information content (AvgIpc) is 2.95. The molecule has 4 saturated carbocycles. The topological polar surface area (TPSA) is 53.4 Å². The molecule has 1 aliphatic heterocycles. The van der Waals surface area contributed by atoms with Gasteiger partial charge in [0.2, 0.25) is 5.91 Å². The maximum atomic E-state index is 13.1. The van der Waals surface area contributed by atoms with Gasteiger partial charge in [0.05, 0.1) is 6.10 Å². The molecule has 2 heterocycles. The highest BCUT2D eigenvalue weighted by Gasteiger charge is 2.52. The number of carbonyl (C=O) groups excluding carboxylic acids is 1. The molecule has 4 heteroatoms. The Morgan fingerprint density at radius 3 is 2.31 bits per heavy atom. The third kappa shape index (κ3) is 3.06. The van der Waals surface area contributed by atoms with Crippen LogP contribution in [0, 0.1) is 29.1 Å². The maximum absolute atomic E-state index is 13.1. The lowest BCUT2D eigenvalue weighted by atomic mass is 9.49. The van der Waals surface area contributed by atoms with Gasteiger partial charge in [-0.15, -0.1) is 0 Å². The van der Waals surface area contributed by atoms with Crippen LogP contribution in [0.4, 0.5) is 0 Å². The van der Waals surface area contributed by atoms with E-state index >= 15 is 0 Å². The van der Waals surface area contributed by atoms with Gasteiger partial charge >= 0.3 is 0 Å². The Morgan fingerprint density at radius 1 is 1.08 bits per heavy atom. The Hall–Kier alpha value is -1.42. The van der Waals surface area contributed by atoms with Gasteiger partial charge in [-0.3, -0.25) is 9.78 Å². The summed E-state index contributed by atoms with van der Waals surface area (Å²) in [6.45, 7) is 1.22. The molecule has 1 N–H and O–H groups in total. The SMILES string of the molecule is O=C(CC12CC3CC(CC(C3)C1)C2)N1CC(O)C(Cc2ccncc2)C1. The Kier molecular flexibility index (Phi) is 4.07. The minimum Gasteiger partial charge on any atom is -0.391 e. The van der Waals surface area contributed by atoms with Gasteiger partial charge in [-0.25, -0.2) is 0 Å². The van der Waals surface area contributed by atoms with Gasteiger partial charge in [0.15, 0.2) is 0 Å². The van der Waals surface area contributed by atoms with Crippen LogP contribution in [0.2, 0.25) is 0 Å². The number of hydrogen-bond donors (Lipinski definition) is 1. The lowest BCUT2D eigenvalue weighted by Gasteiger charge is -2.56. The van der Waals surface area contributed by atoms with E-state index in [4.69, 9.17) is 0 Å². The maximum Gasteiger partial charge on any atom is 0.223 e. The molecule has 4 bridgehead atoms. The second-order valence-electron chi connectivity index (χ2n) is 9.78. The zero-order valence-corrected chi connectivity index (χ0v) is 15.5. The first-order valence-electron chi connectivity index (χ1n) is 10.4. The van der Waals surface area contributed by atoms with E-state index in [-0.39, 0.29) is 5.92 Å². The molecule has 0 radical (unpaired) electrons. The highest BCUT2D eigenvalue weighted by Crippen LogP contribution is 2.61. The van der Waals surface area contributed by atoms with Crippen molar-refractivity contribution < 1.29 is 9.90 Å². The molecular formula is C22H30N2O2. The van der Waals surface area contributed by atoms with Crippen molar-refractivity contribution in [3.63, 3.8) is 0 Å². The van der Waals surface area contributed by atoms with Crippen LogP contribution in [0.5, 0.6) is 0 Å². The summed E-state index contributed by atoms with van der Waals surface area (Å²) >= 11 is 0. The summed E-state index contributed by atoms with van der Waals surface area (Å²) in [6.07, 6.45) is 12.8. The number of likely N-dealkylation sites (tertiary alicyclic amines) is 1. The number of carbonyl (C=O) groups is 1. The summed E-state index contributed by atoms with van der Waals surface area (Å²) in [5.74, 6) is 3.11. The van der Waals surface area contributed by atoms with Crippen LogP contribution >= 0.6 is 0 Å². The fourth-order valence-corrected chi connectivity index (χ4v) is 7.02. The minimum atomic E-state index is -0.400. The van der Waals surface area contributed by atoms with Gasteiger partial charge < -0.3 is 10.0 Å². The summed E-state index contributed by atoms with van der Waals surface area (Å²) in [5.41, 5.74) is 1.49. The lowest BCUT2D eigenvalue weighted by molar-refractivity contribution is -0.138. The van der Waals surface area contributed by atoms with Crippen LogP contribution < -0.4 is 0 Å². The lowest BCUT2D eigenvalue weighted by Crippen LogP contribution is -2.48. The van der Waals surface area contributed by atoms with E-state index in [2.05, 4.69) is 4.98 Å². The van der Waals surface area contributed by atoms with E-state index in [1.165, 1.54) is 44.1 Å². The molecule has 0 aromatic carbocycles. The first-order chi connectivity index (χ1) is 12.6. The van der Waals surface area contributed by atoms with Crippen molar-refractivity contribution in [2.45, 2.75) is 57.5 Å². The molecule has 0 spiro atoms. The smallest absolute Gasteiger partial charge is 0.223 e. The molecule has 1 aromatic heterocycles. The number of aliphatic hydroxyl groups is 1. The Balaban J connectivity index is 1.23. The van der Waals surface area contributed by atoms with Gasteiger partial charge in [0.1, 0.15) is 0 Å². The monoisotopic (exact) mass is 354 g/mol. The summed E-state index contributed by atoms with van der Waals surface area (Å²) < 4.78 is 0. The van der Waals surface area contributed by atoms with E-state index in [1.807, 2.05) is 17.0 Å². The standard InChI is InChI=1S/C22H30N2O2/c25-20-14-24(13-19(20)8-15-1-3-23-4-2-15)21(26)12-22-9-16-5-17(10-22)7-18(6-16)11-22/h1-4,16-20,25H,5-14H2. The molecule has 1 saturated heterocycles. The molecule has 2 unspecified atom stereocenters. The molecule has 5 fully saturated rings.